The molecule has 4 rings (SSSR count). The Kier molecular flexibility index (Phi) is 4.86. The van der Waals surface area contributed by atoms with Gasteiger partial charge in [-0.2, -0.15) is 5.10 Å². The second-order valence-electron chi connectivity index (χ2n) is 5.89. The number of rotatable bonds is 5. The van der Waals surface area contributed by atoms with E-state index in [4.69, 9.17) is 4.42 Å². The summed E-state index contributed by atoms with van der Waals surface area (Å²) in [5.74, 6) is 0.486. The Labute approximate surface area is 168 Å². The van der Waals surface area contributed by atoms with Crippen LogP contribution in [-0.2, 0) is 0 Å². The van der Waals surface area contributed by atoms with Gasteiger partial charge < -0.3 is 4.42 Å². The Morgan fingerprint density at radius 3 is 2.68 bits per heavy atom. The molecule has 0 aliphatic heterocycles. The van der Waals surface area contributed by atoms with Crippen LogP contribution in [0.15, 0.2) is 80.7 Å². The van der Waals surface area contributed by atoms with E-state index in [1.54, 1.807) is 0 Å². The molecule has 0 saturated carbocycles. The van der Waals surface area contributed by atoms with E-state index in [0.29, 0.717) is 5.82 Å². The van der Waals surface area contributed by atoms with Crippen molar-refractivity contribution < 1.29 is 9.34 Å². The number of benzene rings is 2. The molecule has 1 N–H and O–H groups in total. The van der Waals surface area contributed by atoms with Crippen molar-refractivity contribution in [1.29, 1.82) is 0 Å². The number of nitro groups is 1. The second kappa shape index (κ2) is 7.61. The molecule has 0 unspecified atom stereocenters. The topological polar surface area (TPSA) is 93.6 Å². The minimum Gasteiger partial charge on any atom is -0.400 e. The molecule has 0 spiro atoms. The van der Waals surface area contributed by atoms with E-state index in [0.717, 1.165) is 26.5 Å². The van der Waals surface area contributed by atoms with Crippen molar-refractivity contribution in [3.05, 3.63) is 87.1 Å². The van der Waals surface area contributed by atoms with E-state index in [1.807, 2.05) is 54.6 Å². The average molecular weight is 437 g/mol. The number of nitrogens with zero attached hydrogens (tertiary/aromatic N) is 3. The molecule has 0 saturated heterocycles. The zero-order valence-electron chi connectivity index (χ0n) is 14.4. The predicted octanol–water partition coefficient (Wildman–Crippen LogP) is 5.61. The van der Waals surface area contributed by atoms with Gasteiger partial charge in [-0.15, -0.1) is 0 Å². The van der Waals surface area contributed by atoms with Crippen molar-refractivity contribution in [3.8, 4) is 11.1 Å². The molecular formula is C20H13BrN4O3. The van der Waals surface area contributed by atoms with Gasteiger partial charge in [0.15, 0.2) is 5.76 Å². The van der Waals surface area contributed by atoms with Crippen LogP contribution in [0.1, 0.15) is 5.76 Å². The lowest BCUT2D eigenvalue weighted by Gasteiger charge is -2.10. The number of fused-ring (bicyclic) bond motifs is 1. The van der Waals surface area contributed by atoms with Crippen molar-refractivity contribution in [2.45, 2.75) is 0 Å². The summed E-state index contributed by atoms with van der Waals surface area (Å²) in [5.41, 5.74) is 5.75. The molecule has 7 nitrogen and oxygen atoms in total. The predicted molar refractivity (Wildman–Crippen MR) is 111 cm³/mol. The minimum absolute atomic E-state index is 0.271. The molecule has 0 aliphatic carbocycles. The van der Waals surface area contributed by atoms with Crippen molar-refractivity contribution in [3.63, 3.8) is 0 Å². The quantitative estimate of drug-likeness (QED) is 0.249. The number of anilines is 1. The second-order valence-corrected chi connectivity index (χ2v) is 6.80. The van der Waals surface area contributed by atoms with E-state index in [9.17, 15) is 10.1 Å². The van der Waals surface area contributed by atoms with Crippen molar-refractivity contribution in [1.82, 2.24) is 4.98 Å². The number of aromatic nitrogens is 1. The van der Waals surface area contributed by atoms with Crippen molar-refractivity contribution in [2.75, 3.05) is 5.43 Å². The van der Waals surface area contributed by atoms with Crippen LogP contribution < -0.4 is 5.43 Å². The highest BCUT2D eigenvalue weighted by Gasteiger charge is 2.11. The molecule has 0 fully saturated rings. The number of nitrogens with one attached hydrogen (secondary N) is 1. The SMILES string of the molecule is O=[N+]([O-])c1ccc(/C=N/Nc2cc(-c3ccccc3)c3cc(Br)ccc3n2)o1. The summed E-state index contributed by atoms with van der Waals surface area (Å²) in [5, 5.41) is 15.8. The molecular weight excluding hydrogens is 424 g/mol. The largest absolute Gasteiger partial charge is 0.433 e. The molecule has 0 aliphatic rings. The highest BCUT2D eigenvalue weighted by Crippen LogP contribution is 2.32. The number of furan rings is 1. The van der Waals surface area contributed by atoms with Crippen LogP contribution in [-0.4, -0.2) is 16.1 Å². The van der Waals surface area contributed by atoms with E-state index >= 15 is 0 Å². The van der Waals surface area contributed by atoms with Gasteiger partial charge in [0.2, 0.25) is 0 Å². The fourth-order valence-electron chi connectivity index (χ4n) is 2.78. The molecule has 4 aromatic rings. The third kappa shape index (κ3) is 3.77. The average Bonchev–Trinajstić information content (AvgIpc) is 3.18. The van der Waals surface area contributed by atoms with Crippen LogP contribution in [0.3, 0.4) is 0 Å². The maximum absolute atomic E-state index is 10.7. The number of hydrogen-bond donors (Lipinski definition) is 1. The Hall–Kier alpha value is -3.52. The number of halogens is 1. The summed E-state index contributed by atoms with van der Waals surface area (Å²) in [7, 11) is 0. The first-order valence-electron chi connectivity index (χ1n) is 8.29. The Bertz CT molecular complexity index is 1190. The van der Waals surface area contributed by atoms with Crippen molar-refractivity contribution in [2.24, 2.45) is 5.10 Å². The summed E-state index contributed by atoms with van der Waals surface area (Å²) in [4.78, 5) is 14.7. The van der Waals surface area contributed by atoms with Gasteiger partial charge in [-0.25, -0.2) is 4.98 Å². The molecule has 0 radical (unpaired) electrons. The Morgan fingerprint density at radius 1 is 1.11 bits per heavy atom. The van der Waals surface area contributed by atoms with Gasteiger partial charge in [-0.1, -0.05) is 46.3 Å². The van der Waals surface area contributed by atoms with Crippen LogP contribution in [0.4, 0.5) is 11.7 Å². The monoisotopic (exact) mass is 436 g/mol. The lowest BCUT2D eigenvalue weighted by Crippen LogP contribution is -1.95. The maximum Gasteiger partial charge on any atom is 0.433 e. The van der Waals surface area contributed by atoms with Gasteiger partial charge in [-0.05, 0) is 41.5 Å². The molecule has 0 amide bonds. The minimum atomic E-state index is -0.597. The van der Waals surface area contributed by atoms with Gasteiger partial charge >= 0.3 is 5.88 Å². The summed E-state index contributed by atoms with van der Waals surface area (Å²) < 4.78 is 6.02. The third-order valence-electron chi connectivity index (χ3n) is 4.02. The fraction of sp³-hybridized carbons (Fsp3) is 0. The van der Waals surface area contributed by atoms with Crippen LogP contribution in [0, 0.1) is 10.1 Å². The fourth-order valence-corrected chi connectivity index (χ4v) is 3.14. The lowest BCUT2D eigenvalue weighted by molar-refractivity contribution is -0.402. The van der Waals surface area contributed by atoms with Gasteiger partial charge in [-0.3, -0.25) is 15.5 Å². The molecule has 138 valence electrons. The number of pyridine rings is 1. The zero-order chi connectivity index (χ0) is 19.5. The standard InChI is InChI=1S/C20H13BrN4O3/c21-14-6-8-18-17(10-14)16(13-4-2-1-3-5-13)11-19(23-18)24-22-12-15-7-9-20(28-15)25(26)27/h1-12H,(H,23,24)/b22-12+. The summed E-state index contributed by atoms with van der Waals surface area (Å²) in [6.45, 7) is 0. The summed E-state index contributed by atoms with van der Waals surface area (Å²) >= 11 is 3.51. The van der Waals surface area contributed by atoms with Crippen LogP contribution in [0.25, 0.3) is 22.0 Å². The Balaban J connectivity index is 1.68. The van der Waals surface area contributed by atoms with E-state index in [1.165, 1.54) is 18.3 Å². The summed E-state index contributed by atoms with van der Waals surface area (Å²) in [6, 6.07) is 20.5. The molecule has 0 atom stereocenters. The van der Waals surface area contributed by atoms with Gasteiger partial charge in [0.25, 0.3) is 0 Å². The first-order chi connectivity index (χ1) is 13.6. The first kappa shape index (κ1) is 17.9. The molecule has 28 heavy (non-hydrogen) atoms. The zero-order valence-corrected chi connectivity index (χ0v) is 16.0. The maximum atomic E-state index is 10.7. The molecule has 2 aromatic carbocycles. The Morgan fingerprint density at radius 2 is 1.93 bits per heavy atom. The van der Waals surface area contributed by atoms with Crippen LogP contribution in [0.5, 0.6) is 0 Å². The summed E-state index contributed by atoms with van der Waals surface area (Å²) in [6.07, 6.45) is 1.36. The van der Waals surface area contributed by atoms with E-state index in [2.05, 4.69) is 31.4 Å². The van der Waals surface area contributed by atoms with Crippen molar-refractivity contribution >= 4 is 44.7 Å². The molecule has 2 heterocycles. The molecule has 0 bridgehead atoms. The van der Waals surface area contributed by atoms with Crippen LogP contribution >= 0.6 is 15.9 Å². The smallest absolute Gasteiger partial charge is 0.400 e. The van der Waals surface area contributed by atoms with Gasteiger partial charge in [0, 0.05) is 9.86 Å². The lowest BCUT2D eigenvalue weighted by atomic mass is 10.0. The number of hydrogen-bond acceptors (Lipinski definition) is 6. The van der Waals surface area contributed by atoms with E-state index in [-0.39, 0.29) is 11.6 Å². The van der Waals surface area contributed by atoms with Gasteiger partial charge in [0.05, 0.1) is 17.8 Å². The highest BCUT2D eigenvalue weighted by atomic mass is 79.9. The van der Waals surface area contributed by atoms with Gasteiger partial charge in [0.1, 0.15) is 10.7 Å². The third-order valence-corrected chi connectivity index (χ3v) is 4.51. The molecule has 8 heteroatoms. The molecule has 2 aromatic heterocycles. The normalized spacial score (nSPS) is 11.2. The number of hydrazone groups is 1. The van der Waals surface area contributed by atoms with E-state index < -0.39 is 4.92 Å². The highest BCUT2D eigenvalue weighted by molar-refractivity contribution is 9.10. The first-order valence-corrected chi connectivity index (χ1v) is 9.08. The van der Waals surface area contributed by atoms with Crippen LogP contribution in [0.2, 0.25) is 0 Å².